The van der Waals surface area contributed by atoms with Crippen LogP contribution < -0.4 is 25.0 Å². The lowest BCUT2D eigenvalue weighted by Gasteiger charge is -2.22. The summed E-state index contributed by atoms with van der Waals surface area (Å²) in [5.41, 5.74) is 3.21. The first-order chi connectivity index (χ1) is 27.7. The van der Waals surface area contributed by atoms with E-state index in [1.54, 1.807) is 24.1 Å². The lowest BCUT2D eigenvalue weighted by Crippen LogP contribution is -2.25. The van der Waals surface area contributed by atoms with Crippen LogP contribution in [0.5, 0.6) is 11.5 Å². The molecule has 0 saturated heterocycles. The first-order valence-electron chi connectivity index (χ1n) is 18.2. The maximum Gasteiger partial charge on any atom is 0.355 e. The van der Waals surface area contributed by atoms with Gasteiger partial charge in [-0.25, -0.2) is 19.2 Å². The minimum atomic E-state index is -1.20. The number of carboxylic acids is 1. The Labute approximate surface area is 337 Å². The Balaban J connectivity index is 1.05. The number of hydrogen-bond donors (Lipinski definition) is 5. The van der Waals surface area contributed by atoms with Gasteiger partial charge in [0.2, 0.25) is 0 Å². The molecule has 0 radical (unpaired) electrons. The predicted molar refractivity (Wildman–Crippen MR) is 220 cm³/mol. The van der Waals surface area contributed by atoms with Gasteiger partial charge in [0.05, 0.1) is 43.2 Å². The van der Waals surface area contributed by atoms with Gasteiger partial charge in [-0.05, 0) is 92.3 Å². The van der Waals surface area contributed by atoms with Crippen LogP contribution in [0.4, 0.5) is 26.3 Å². The summed E-state index contributed by atoms with van der Waals surface area (Å²) >= 11 is 2.66. The van der Waals surface area contributed by atoms with Gasteiger partial charge in [0.1, 0.15) is 5.75 Å². The van der Waals surface area contributed by atoms with E-state index < -0.39 is 24.5 Å². The number of hydrogen-bond acceptors (Lipinski definition) is 14. The van der Waals surface area contributed by atoms with Crippen molar-refractivity contribution in [2.45, 2.75) is 38.7 Å². The number of aromatic carboxylic acids is 1. The zero-order valence-corrected chi connectivity index (χ0v) is 33.0. The molecule has 1 unspecified atom stereocenters. The molecule has 16 heteroatoms. The summed E-state index contributed by atoms with van der Waals surface area (Å²) in [6.45, 7) is 2.94. The van der Waals surface area contributed by atoms with Crippen LogP contribution in [0.1, 0.15) is 44.9 Å². The maximum absolute atomic E-state index is 14.9. The highest BCUT2D eigenvalue weighted by Crippen LogP contribution is 2.34. The summed E-state index contributed by atoms with van der Waals surface area (Å²) in [6, 6.07) is 22.0. The summed E-state index contributed by atoms with van der Waals surface area (Å²) in [6.07, 6.45) is 0.694. The first kappa shape index (κ1) is 40.9. The van der Waals surface area contributed by atoms with Gasteiger partial charge in [-0.3, -0.25) is 0 Å². The highest BCUT2D eigenvalue weighted by atomic mass is 32.1. The third-order valence-corrected chi connectivity index (χ3v) is 10.8. The second-order valence-corrected chi connectivity index (χ2v) is 15.0. The number of nitrogens with one attached hydrogen (secondary N) is 2. The molecule has 3 aromatic carbocycles. The number of carbonyl (C=O) groups is 1. The lowest BCUT2D eigenvalue weighted by atomic mass is 10.1. The van der Waals surface area contributed by atoms with E-state index in [1.807, 2.05) is 55.5 Å². The number of carboxylic acid groups (broad SMARTS) is 1. The topological polar surface area (TPSA) is 175 Å². The fourth-order valence-corrected chi connectivity index (χ4v) is 7.65. The minimum absolute atomic E-state index is 0.0743. The monoisotopic (exact) mass is 811 g/mol. The Morgan fingerprint density at radius 1 is 1.04 bits per heavy atom. The van der Waals surface area contributed by atoms with E-state index in [-0.39, 0.29) is 31.0 Å². The SMILES string of the molecule is COc1ccc(CCNCC#Cc2ccc(OCCCc3sc(N(CCC(O)CO)c4cc(C)c(Nc5nc6ccccc6s5)nn4)nc3C(=O)O)c(F)c2)cc1. The van der Waals surface area contributed by atoms with Gasteiger partial charge in [-0.15, -0.1) is 21.5 Å². The fourth-order valence-electron chi connectivity index (χ4n) is 5.65. The van der Waals surface area contributed by atoms with E-state index in [2.05, 4.69) is 42.6 Å². The normalized spacial score (nSPS) is 11.5. The average Bonchev–Trinajstić information content (AvgIpc) is 3.84. The van der Waals surface area contributed by atoms with Crippen LogP contribution in [-0.2, 0) is 12.8 Å². The van der Waals surface area contributed by atoms with Gasteiger partial charge < -0.3 is 40.3 Å². The summed E-state index contributed by atoms with van der Waals surface area (Å²) in [5.74, 6) is 6.02. The number of fused-ring (bicyclic) bond motifs is 1. The Morgan fingerprint density at radius 2 is 1.86 bits per heavy atom. The van der Waals surface area contributed by atoms with Gasteiger partial charge in [0.25, 0.3) is 0 Å². The number of thiazole rings is 2. The summed E-state index contributed by atoms with van der Waals surface area (Å²) < 4.78 is 26.8. The molecule has 0 amide bonds. The largest absolute Gasteiger partial charge is 0.497 e. The molecular formula is C41H42FN7O6S2. The summed E-state index contributed by atoms with van der Waals surface area (Å²) in [7, 11) is 1.64. The smallest absolute Gasteiger partial charge is 0.355 e. The van der Waals surface area contributed by atoms with Crippen molar-refractivity contribution in [2.75, 3.05) is 50.2 Å². The fraction of sp³-hybridized carbons (Fsp3) is 0.293. The molecule has 57 heavy (non-hydrogen) atoms. The van der Waals surface area contributed by atoms with Crippen LogP contribution in [0.15, 0.2) is 72.8 Å². The van der Waals surface area contributed by atoms with E-state index in [0.29, 0.717) is 51.7 Å². The molecule has 0 bridgehead atoms. The van der Waals surface area contributed by atoms with Gasteiger partial charge in [0, 0.05) is 23.5 Å². The molecule has 6 rings (SSSR count). The number of aromatic nitrogens is 4. The molecule has 3 heterocycles. The molecular weight excluding hydrogens is 770 g/mol. The number of halogens is 1. The highest BCUT2D eigenvalue weighted by Gasteiger charge is 2.24. The lowest BCUT2D eigenvalue weighted by molar-refractivity contribution is 0.0690. The molecule has 296 valence electrons. The van der Waals surface area contributed by atoms with Crippen LogP contribution in [0.3, 0.4) is 0 Å². The maximum atomic E-state index is 14.9. The number of rotatable bonds is 19. The van der Waals surface area contributed by atoms with Crippen LogP contribution in [0.25, 0.3) is 10.2 Å². The van der Waals surface area contributed by atoms with Crippen LogP contribution in [0.2, 0.25) is 0 Å². The molecule has 0 aliphatic rings. The number of anilines is 4. The average molecular weight is 812 g/mol. The Hall–Kier alpha value is -5.70. The molecule has 0 fully saturated rings. The van der Waals surface area contributed by atoms with Crippen LogP contribution in [-0.4, -0.2) is 87.5 Å². The molecule has 0 saturated carbocycles. The molecule has 0 spiro atoms. The van der Waals surface area contributed by atoms with Gasteiger partial charge in [0.15, 0.2) is 39.2 Å². The molecule has 0 aliphatic heterocycles. The second kappa shape index (κ2) is 19.9. The molecule has 13 nitrogen and oxygen atoms in total. The Kier molecular flexibility index (Phi) is 14.3. The minimum Gasteiger partial charge on any atom is -0.497 e. The summed E-state index contributed by atoms with van der Waals surface area (Å²) in [5, 5.41) is 46.0. The number of nitrogens with zero attached hydrogens (tertiary/aromatic N) is 5. The molecule has 6 aromatic rings. The van der Waals surface area contributed by atoms with E-state index in [0.717, 1.165) is 34.5 Å². The number of benzene rings is 3. The van der Waals surface area contributed by atoms with Crippen molar-refractivity contribution in [3.8, 4) is 23.3 Å². The number of para-hydroxylation sites is 1. The van der Waals surface area contributed by atoms with Gasteiger partial charge in [-0.2, -0.15) is 0 Å². The highest BCUT2D eigenvalue weighted by molar-refractivity contribution is 7.22. The Bertz CT molecular complexity index is 2310. The quantitative estimate of drug-likeness (QED) is 0.0442. The van der Waals surface area contributed by atoms with Crippen LogP contribution in [0, 0.1) is 24.6 Å². The van der Waals surface area contributed by atoms with E-state index in [1.165, 1.54) is 40.4 Å². The number of methoxy groups -OCH3 is 1. The number of ether oxygens (including phenoxy) is 2. The van der Waals surface area contributed by atoms with Crippen molar-refractivity contribution in [2.24, 2.45) is 0 Å². The zero-order chi connectivity index (χ0) is 40.1. The molecule has 0 aliphatic carbocycles. The number of aliphatic hydroxyl groups excluding tert-OH is 2. The number of aliphatic hydroxyl groups is 2. The standard InChI is InChI=1S/C41H42FN7O6S2/c1-26-23-36(47-48-38(26)46-40-44-32-8-3-4-9-34(32)56-40)49(21-18-29(51)25-50)41-45-37(39(52)53)35(57-41)10-6-22-55-33-16-13-28(24-31(33)42)7-5-19-43-20-17-27-11-14-30(54-2)15-12-27/h3-4,8-9,11-16,23-24,29,43,50-51H,6,10,17-22,25H2,1-2H3,(H,52,53)(H,44,46,48). The van der Waals surface area contributed by atoms with E-state index in [9.17, 15) is 24.5 Å². The van der Waals surface area contributed by atoms with Crippen molar-refractivity contribution < 1.29 is 34.0 Å². The van der Waals surface area contributed by atoms with Crippen molar-refractivity contribution in [1.82, 2.24) is 25.5 Å². The van der Waals surface area contributed by atoms with Gasteiger partial charge >= 0.3 is 5.97 Å². The third-order valence-electron chi connectivity index (χ3n) is 8.72. The van der Waals surface area contributed by atoms with Crippen molar-refractivity contribution >= 4 is 60.8 Å². The first-order valence-corrected chi connectivity index (χ1v) is 19.8. The predicted octanol–water partition coefficient (Wildman–Crippen LogP) is 6.52. The van der Waals surface area contributed by atoms with E-state index in [4.69, 9.17) is 9.47 Å². The third kappa shape index (κ3) is 11.2. The van der Waals surface area contributed by atoms with E-state index >= 15 is 0 Å². The zero-order valence-electron chi connectivity index (χ0n) is 31.4. The van der Waals surface area contributed by atoms with Gasteiger partial charge in [-0.1, -0.05) is 47.4 Å². The van der Waals surface area contributed by atoms with Crippen LogP contribution >= 0.6 is 22.7 Å². The second-order valence-electron chi connectivity index (χ2n) is 12.9. The van der Waals surface area contributed by atoms with Crippen molar-refractivity contribution in [3.05, 3.63) is 106 Å². The van der Waals surface area contributed by atoms with Crippen molar-refractivity contribution in [3.63, 3.8) is 0 Å². The molecule has 3 aromatic heterocycles. The Morgan fingerprint density at radius 3 is 2.60 bits per heavy atom. The summed E-state index contributed by atoms with van der Waals surface area (Å²) in [4.78, 5) is 23.5. The molecule has 1 atom stereocenters. The molecule has 5 N–H and O–H groups in total. The van der Waals surface area contributed by atoms with Crippen molar-refractivity contribution in [1.29, 1.82) is 0 Å². The number of aryl methyl sites for hydroxylation is 2.